The third-order valence-electron chi connectivity index (χ3n) is 2.75. The van der Waals surface area contributed by atoms with Gasteiger partial charge in [0.1, 0.15) is 0 Å². The SMILES string of the molecule is N#Cc1ccc(CNCCc2ccncc2)cc1. The maximum atomic E-state index is 8.70. The van der Waals surface area contributed by atoms with Crippen LogP contribution in [-0.4, -0.2) is 11.5 Å². The molecule has 0 aliphatic rings. The average molecular weight is 237 g/mol. The summed E-state index contributed by atoms with van der Waals surface area (Å²) in [5, 5.41) is 12.1. The Hall–Kier alpha value is -2.18. The van der Waals surface area contributed by atoms with Crippen LogP contribution in [0.3, 0.4) is 0 Å². The molecule has 90 valence electrons. The van der Waals surface area contributed by atoms with E-state index in [2.05, 4.69) is 16.4 Å². The molecule has 1 aromatic carbocycles. The summed E-state index contributed by atoms with van der Waals surface area (Å²) >= 11 is 0. The highest BCUT2D eigenvalue weighted by atomic mass is 14.8. The molecule has 3 heteroatoms. The number of benzene rings is 1. The van der Waals surface area contributed by atoms with Gasteiger partial charge in [-0.1, -0.05) is 12.1 Å². The predicted molar refractivity (Wildman–Crippen MR) is 70.8 cm³/mol. The van der Waals surface area contributed by atoms with Crippen molar-refractivity contribution in [3.05, 3.63) is 65.5 Å². The Morgan fingerprint density at radius 3 is 2.39 bits per heavy atom. The summed E-state index contributed by atoms with van der Waals surface area (Å²) in [6.45, 7) is 1.76. The van der Waals surface area contributed by atoms with Gasteiger partial charge >= 0.3 is 0 Å². The molecule has 0 saturated heterocycles. The molecule has 18 heavy (non-hydrogen) atoms. The van der Waals surface area contributed by atoms with E-state index in [1.807, 2.05) is 48.8 Å². The van der Waals surface area contributed by atoms with Crippen LogP contribution in [0, 0.1) is 11.3 Å². The molecule has 1 N–H and O–H groups in total. The van der Waals surface area contributed by atoms with Crippen LogP contribution < -0.4 is 5.32 Å². The predicted octanol–water partition coefficient (Wildman–Crippen LogP) is 2.29. The van der Waals surface area contributed by atoms with Gasteiger partial charge in [0, 0.05) is 18.9 Å². The highest BCUT2D eigenvalue weighted by Gasteiger charge is 1.95. The molecule has 1 aromatic heterocycles. The van der Waals surface area contributed by atoms with Gasteiger partial charge in [0.25, 0.3) is 0 Å². The van der Waals surface area contributed by atoms with Crippen LogP contribution in [0.4, 0.5) is 0 Å². The standard InChI is InChI=1S/C15H15N3/c16-11-14-1-3-15(4-2-14)12-18-10-7-13-5-8-17-9-6-13/h1-6,8-9,18H,7,10,12H2. The van der Waals surface area contributed by atoms with Gasteiger partial charge in [-0.2, -0.15) is 5.26 Å². The fraction of sp³-hybridized carbons (Fsp3) is 0.200. The maximum Gasteiger partial charge on any atom is 0.0991 e. The third kappa shape index (κ3) is 3.69. The van der Waals surface area contributed by atoms with Gasteiger partial charge in [-0.15, -0.1) is 0 Å². The van der Waals surface area contributed by atoms with E-state index in [1.54, 1.807) is 0 Å². The van der Waals surface area contributed by atoms with Gasteiger partial charge in [-0.3, -0.25) is 4.98 Å². The van der Waals surface area contributed by atoms with Crippen molar-refractivity contribution in [1.29, 1.82) is 5.26 Å². The molecule has 0 bridgehead atoms. The molecule has 3 nitrogen and oxygen atoms in total. The maximum absolute atomic E-state index is 8.70. The molecule has 0 aliphatic heterocycles. The molecule has 2 aromatic rings. The normalized spacial score (nSPS) is 9.94. The number of aromatic nitrogens is 1. The zero-order valence-electron chi connectivity index (χ0n) is 10.1. The lowest BCUT2D eigenvalue weighted by molar-refractivity contribution is 0.686. The van der Waals surface area contributed by atoms with E-state index in [1.165, 1.54) is 11.1 Å². The minimum absolute atomic E-state index is 0.704. The fourth-order valence-corrected chi connectivity index (χ4v) is 1.71. The van der Waals surface area contributed by atoms with Gasteiger partial charge in [-0.25, -0.2) is 0 Å². The van der Waals surface area contributed by atoms with Crippen molar-refractivity contribution in [2.75, 3.05) is 6.54 Å². The monoisotopic (exact) mass is 237 g/mol. The lowest BCUT2D eigenvalue weighted by Gasteiger charge is -2.05. The molecule has 1 heterocycles. The third-order valence-corrected chi connectivity index (χ3v) is 2.75. The second-order valence-corrected chi connectivity index (χ2v) is 4.09. The van der Waals surface area contributed by atoms with Crippen LogP contribution in [0.25, 0.3) is 0 Å². The van der Waals surface area contributed by atoms with Crippen molar-refractivity contribution in [3.63, 3.8) is 0 Å². The molecule has 2 rings (SSSR count). The first-order valence-electron chi connectivity index (χ1n) is 5.97. The number of nitrogens with zero attached hydrogens (tertiary/aromatic N) is 2. The van der Waals surface area contributed by atoms with Crippen molar-refractivity contribution in [3.8, 4) is 6.07 Å². The number of rotatable bonds is 5. The van der Waals surface area contributed by atoms with Crippen molar-refractivity contribution >= 4 is 0 Å². The molecule has 0 saturated carbocycles. The first-order valence-corrected chi connectivity index (χ1v) is 5.97. The molecule has 0 spiro atoms. The molecular formula is C15H15N3. The highest BCUT2D eigenvalue weighted by Crippen LogP contribution is 2.03. The minimum Gasteiger partial charge on any atom is -0.312 e. The van der Waals surface area contributed by atoms with Crippen LogP contribution >= 0.6 is 0 Å². The van der Waals surface area contributed by atoms with E-state index in [4.69, 9.17) is 5.26 Å². The second kappa shape index (κ2) is 6.53. The molecule has 0 atom stereocenters. The van der Waals surface area contributed by atoms with E-state index < -0.39 is 0 Å². The smallest absolute Gasteiger partial charge is 0.0991 e. The van der Waals surface area contributed by atoms with Gasteiger partial charge in [0.05, 0.1) is 11.6 Å². The average Bonchev–Trinajstić information content (AvgIpc) is 2.45. The van der Waals surface area contributed by atoms with Crippen LogP contribution in [0.2, 0.25) is 0 Å². The Morgan fingerprint density at radius 1 is 1.00 bits per heavy atom. The lowest BCUT2D eigenvalue weighted by Crippen LogP contribution is -2.16. The summed E-state index contributed by atoms with van der Waals surface area (Å²) in [4.78, 5) is 3.99. The summed E-state index contributed by atoms with van der Waals surface area (Å²) in [7, 11) is 0. The number of nitriles is 1. The first-order chi connectivity index (χ1) is 8.88. The number of hydrogen-bond donors (Lipinski definition) is 1. The summed E-state index contributed by atoms with van der Waals surface area (Å²) in [5.74, 6) is 0. The van der Waals surface area contributed by atoms with Gasteiger partial charge in [0.15, 0.2) is 0 Å². The Labute approximate surface area is 107 Å². The highest BCUT2D eigenvalue weighted by molar-refractivity contribution is 5.31. The molecule has 0 aliphatic carbocycles. The van der Waals surface area contributed by atoms with Crippen molar-refractivity contribution in [2.24, 2.45) is 0 Å². The van der Waals surface area contributed by atoms with E-state index >= 15 is 0 Å². The molecule has 0 radical (unpaired) electrons. The largest absolute Gasteiger partial charge is 0.312 e. The van der Waals surface area contributed by atoms with Crippen molar-refractivity contribution in [2.45, 2.75) is 13.0 Å². The van der Waals surface area contributed by atoms with Crippen LogP contribution in [-0.2, 0) is 13.0 Å². The minimum atomic E-state index is 0.704. The van der Waals surface area contributed by atoms with Crippen molar-refractivity contribution in [1.82, 2.24) is 10.3 Å². The van der Waals surface area contributed by atoms with Crippen LogP contribution in [0.5, 0.6) is 0 Å². The van der Waals surface area contributed by atoms with E-state index in [9.17, 15) is 0 Å². The summed E-state index contributed by atoms with van der Waals surface area (Å²) in [6, 6.07) is 13.8. The molecule has 0 unspecified atom stereocenters. The van der Waals surface area contributed by atoms with Gasteiger partial charge in [0.2, 0.25) is 0 Å². The lowest BCUT2D eigenvalue weighted by atomic mass is 10.1. The van der Waals surface area contributed by atoms with E-state index in [-0.39, 0.29) is 0 Å². The number of pyridine rings is 1. The second-order valence-electron chi connectivity index (χ2n) is 4.09. The molecule has 0 fully saturated rings. The number of hydrogen-bond acceptors (Lipinski definition) is 3. The summed E-state index contributed by atoms with van der Waals surface area (Å²) in [6.07, 6.45) is 4.63. The van der Waals surface area contributed by atoms with E-state index in [0.717, 1.165) is 19.5 Å². The Bertz CT molecular complexity index is 512. The quantitative estimate of drug-likeness (QED) is 0.812. The Balaban J connectivity index is 1.74. The zero-order valence-corrected chi connectivity index (χ0v) is 10.1. The topological polar surface area (TPSA) is 48.7 Å². The van der Waals surface area contributed by atoms with Crippen LogP contribution in [0.1, 0.15) is 16.7 Å². The number of nitrogens with one attached hydrogen (secondary N) is 1. The molecular weight excluding hydrogens is 222 g/mol. The Morgan fingerprint density at radius 2 is 1.72 bits per heavy atom. The van der Waals surface area contributed by atoms with Gasteiger partial charge in [-0.05, 0) is 48.4 Å². The Kier molecular flexibility index (Phi) is 4.46. The summed E-state index contributed by atoms with van der Waals surface area (Å²) in [5.41, 5.74) is 3.19. The molecule has 0 amide bonds. The zero-order chi connectivity index (χ0) is 12.6. The van der Waals surface area contributed by atoms with Crippen molar-refractivity contribution < 1.29 is 0 Å². The fourth-order valence-electron chi connectivity index (χ4n) is 1.71. The van der Waals surface area contributed by atoms with Gasteiger partial charge < -0.3 is 5.32 Å². The van der Waals surface area contributed by atoms with Crippen LogP contribution in [0.15, 0.2) is 48.8 Å². The summed E-state index contributed by atoms with van der Waals surface area (Å²) < 4.78 is 0. The van der Waals surface area contributed by atoms with E-state index in [0.29, 0.717) is 5.56 Å². The first kappa shape index (κ1) is 12.3.